The fraction of sp³-hybridized carbons (Fsp3) is 0.833. The molecule has 0 saturated heterocycles. The molecule has 0 aromatic rings. The first-order valence-electron chi connectivity index (χ1n) is 5.30. The van der Waals surface area contributed by atoms with E-state index >= 15 is 0 Å². The van der Waals surface area contributed by atoms with Gasteiger partial charge in [-0.15, -0.1) is 0 Å². The maximum absolute atomic E-state index is 11.4. The zero-order valence-corrected chi connectivity index (χ0v) is 9.26. The smallest absolute Gasteiger partial charge is 0.135 e. The molecule has 0 aliphatic heterocycles. The van der Waals surface area contributed by atoms with E-state index in [1.807, 2.05) is 0 Å². The fourth-order valence-electron chi connectivity index (χ4n) is 2.04. The van der Waals surface area contributed by atoms with Crippen molar-refractivity contribution in [3.63, 3.8) is 0 Å². The van der Waals surface area contributed by atoms with Crippen LogP contribution in [0.2, 0.25) is 0 Å². The molecule has 13 heavy (non-hydrogen) atoms. The van der Waals surface area contributed by atoms with Crippen LogP contribution < -0.4 is 0 Å². The van der Waals surface area contributed by atoms with Gasteiger partial charge in [0, 0.05) is 5.41 Å². The Balaban J connectivity index is 2.51. The van der Waals surface area contributed by atoms with Crippen molar-refractivity contribution in [2.75, 3.05) is 0 Å². The molecular weight excluding hydrogens is 160 g/mol. The molecular formula is C12H21O. The molecule has 1 fully saturated rings. The van der Waals surface area contributed by atoms with Crippen molar-refractivity contribution in [3.8, 4) is 0 Å². The maximum Gasteiger partial charge on any atom is 0.135 e. The van der Waals surface area contributed by atoms with Crippen LogP contribution in [-0.2, 0) is 4.79 Å². The van der Waals surface area contributed by atoms with Crippen LogP contribution in [0.25, 0.3) is 0 Å². The molecule has 0 aromatic carbocycles. The Labute approximate surface area is 81.9 Å². The summed E-state index contributed by atoms with van der Waals surface area (Å²) in [4.78, 5) is 11.4. The number of hydrogen-bond acceptors (Lipinski definition) is 1. The SMILES string of the molecule is CC(=O)C1(C)C[CH]C(C(C)C)CC1. The minimum Gasteiger partial charge on any atom is -0.299 e. The fourth-order valence-corrected chi connectivity index (χ4v) is 2.04. The van der Waals surface area contributed by atoms with Crippen molar-refractivity contribution >= 4 is 5.78 Å². The summed E-state index contributed by atoms with van der Waals surface area (Å²) in [7, 11) is 0. The van der Waals surface area contributed by atoms with E-state index in [2.05, 4.69) is 27.2 Å². The van der Waals surface area contributed by atoms with Gasteiger partial charge in [-0.2, -0.15) is 0 Å². The Hall–Kier alpha value is -0.330. The predicted molar refractivity (Wildman–Crippen MR) is 55.3 cm³/mol. The summed E-state index contributed by atoms with van der Waals surface area (Å²) in [5.74, 6) is 1.81. The lowest BCUT2D eigenvalue weighted by Gasteiger charge is -2.36. The summed E-state index contributed by atoms with van der Waals surface area (Å²) in [6.45, 7) is 8.35. The predicted octanol–water partition coefficient (Wildman–Crippen LogP) is 3.24. The first kappa shape index (κ1) is 10.7. The summed E-state index contributed by atoms with van der Waals surface area (Å²) in [5.41, 5.74) is -0.0502. The molecule has 1 aliphatic carbocycles. The van der Waals surface area contributed by atoms with E-state index in [0.29, 0.717) is 5.78 Å². The molecule has 0 bridgehead atoms. The first-order valence-corrected chi connectivity index (χ1v) is 5.30. The van der Waals surface area contributed by atoms with E-state index in [9.17, 15) is 4.79 Å². The van der Waals surface area contributed by atoms with E-state index in [-0.39, 0.29) is 5.41 Å². The number of carbonyl (C=O) groups is 1. The highest BCUT2D eigenvalue weighted by Crippen LogP contribution is 2.40. The lowest BCUT2D eigenvalue weighted by Crippen LogP contribution is -2.32. The first-order chi connectivity index (χ1) is 5.96. The van der Waals surface area contributed by atoms with E-state index in [4.69, 9.17) is 0 Å². The van der Waals surface area contributed by atoms with Crippen LogP contribution >= 0.6 is 0 Å². The number of Topliss-reactive ketones (excluding diaryl/α,β-unsaturated/α-hetero) is 1. The van der Waals surface area contributed by atoms with E-state index in [1.54, 1.807) is 6.92 Å². The van der Waals surface area contributed by atoms with Crippen LogP contribution in [0.1, 0.15) is 47.0 Å². The second-order valence-electron chi connectivity index (χ2n) is 5.00. The van der Waals surface area contributed by atoms with Crippen molar-refractivity contribution < 1.29 is 4.79 Å². The van der Waals surface area contributed by atoms with Crippen LogP contribution in [0, 0.1) is 23.7 Å². The third kappa shape index (κ3) is 2.32. The highest BCUT2D eigenvalue weighted by atomic mass is 16.1. The van der Waals surface area contributed by atoms with Crippen molar-refractivity contribution in [3.05, 3.63) is 6.42 Å². The minimum absolute atomic E-state index is 0.0502. The Morgan fingerprint density at radius 2 is 2.15 bits per heavy atom. The largest absolute Gasteiger partial charge is 0.299 e. The zero-order valence-electron chi connectivity index (χ0n) is 9.26. The topological polar surface area (TPSA) is 17.1 Å². The molecule has 0 amide bonds. The molecule has 0 heterocycles. The number of hydrogen-bond donors (Lipinski definition) is 0. The van der Waals surface area contributed by atoms with Gasteiger partial charge in [0.05, 0.1) is 0 Å². The highest BCUT2D eigenvalue weighted by Gasteiger charge is 2.35. The molecule has 2 unspecified atom stereocenters. The van der Waals surface area contributed by atoms with Gasteiger partial charge in [-0.1, -0.05) is 20.8 Å². The van der Waals surface area contributed by atoms with Crippen LogP contribution in [0.5, 0.6) is 0 Å². The summed E-state index contributed by atoms with van der Waals surface area (Å²) >= 11 is 0. The van der Waals surface area contributed by atoms with Gasteiger partial charge in [0.25, 0.3) is 0 Å². The summed E-state index contributed by atoms with van der Waals surface area (Å²) in [6.07, 6.45) is 5.59. The van der Waals surface area contributed by atoms with Crippen LogP contribution in [-0.4, -0.2) is 5.78 Å². The molecule has 1 saturated carbocycles. The molecule has 0 aromatic heterocycles. The van der Waals surface area contributed by atoms with Crippen molar-refractivity contribution in [1.82, 2.24) is 0 Å². The van der Waals surface area contributed by atoms with Gasteiger partial charge in [0.2, 0.25) is 0 Å². The highest BCUT2D eigenvalue weighted by molar-refractivity contribution is 5.82. The van der Waals surface area contributed by atoms with Crippen LogP contribution in [0.15, 0.2) is 0 Å². The number of rotatable bonds is 2. The number of ketones is 1. The third-order valence-corrected chi connectivity index (χ3v) is 3.61. The van der Waals surface area contributed by atoms with E-state index < -0.39 is 0 Å². The summed E-state index contributed by atoms with van der Waals surface area (Å²) < 4.78 is 0. The van der Waals surface area contributed by atoms with Crippen molar-refractivity contribution in [2.24, 2.45) is 17.3 Å². The van der Waals surface area contributed by atoms with Gasteiger partial charge in [0.1, 0.15) is 5.78 Å². The second kappa shape index (κ2) is 3.81. The lowest BCUT2D eigenvalue weighted by atomic mass is 9.67. The second-order valence-corrected chi connectivity index (χ2v) is 5.00. The molecule has 0 N–H and O–H groups in total. The van der Waals surface area contributed by atoms with Gasteiger partial charge >= 0.3 is 0 Å². The molecule has 1 nitrogen and oxygen atoms in total. The van der Waals surface area contributed by atoms with E-state index in [1.165, 1.54) is 6.42 Å². The molecule has 1 radical (unpaired) electrons. The van der Waals surface area contributed by atoms with Gasteiger partial charge in [-0.25, -0.2) is 0 Å². The maximum atomic E-state index is 11.4. The standard InChI is InChI=1S/C12H21O/c1-9(2)11-5-7-12(4,8-6-11)10(3)13/h5,9,11H,6-8H2,1-4H3. The normalized spacial score (nSPS) is 35.0. The summed E-state index contributed by atoms with van der Waals surface area (Å²) in [6, 6.07) is 0. The average molecular weight is 181 g/mol. The number of carbonyl (C=O) groups excluding carboxylic acids is 1. The van der Waals surface area contributed by atoms with Crippen molar-refractivity contribution in [1.29, 1.82) is 0 Å². The zero-order chi connectivity index (χ0) is 10.1. The Kier molecular flexibility index (Phi) is 3.15. The van der Waals surface area contributed by atoms with Crippen LogP contribution in [0.3, 0.4) is 0 Å². The van der Waals surface area contributed by atoms with Crippen LogP contribution in [0.4, 0.5) is 0 Å². The summed E-state index contributed by atoms with van der Waals surface area (Å²) in [5, 5.41) is 0. The molecule has 75 valence electrons. The lowest BCUT2D eigenvalue weighted by molar-refractivity contribution is -0.127. The third-order valence-electron chi connectivity index (χ3n) is 3.61. The monoisotopic (exact) mass is 181 g/mol. The van der Waals surface area contributed by atoms with Gasteiger partial charge in [-0.05, 0) is 44.4 Å². The van der Waals surface area contributed by atoms with Gasteiger partial charge < -0.3 is 0 Å². The molecule has 0 spiro atoms. The molecule has 2 atom stereocenters. The molecule has 1 aliphatic rings. The van der Waals surface area contributed by atoms with Gasteiger partial charge in [0.15, 0.2) is 0 Å². The van der Waals surface area contributed by atoms with Gasteiger partial charge in [-0.3, -0.25) is 4.79 Å². The van der Waals surface area contributed by atoms with Crippen molar-refractivity contribution in [2.45, 2.75) is 47.0 Å². The average Bonchev–Trinajstić information content (AvgIpc) is 2.04. The molecule has 1 heteroatoms. The Morgan fingerprint density at radius 3 is 2.46 bits per heavy atom. The Bertz CT molecular complexity index is 185. The Morgan fingerprint density at radius 1 is 1.54 bits per heavy atom. The minimum atomic E-state index is -0.0502. The quantitative estimate of drug-likeness (QED) is 0.639. The van der Waals surface area contributed by atoms with E-state index in [0.717, 1.165) is 24.7 Å². The molecule has 1 rings (SSSR count).